The fraction of sp³-hybridized carbons (Fsp3) is 0.297. The van der Waals surface area contributed by atoms with E-state index in [1.165, 1.54) is 4.90 Å². The molecule has 0 saturated carbocycles. The first-order chi connectivity index (χ1) is 22.0. The van der Waals surface area contributed by atoms with Gasteiger partial charge in [0.25, 0.3) is 10.0 Å². The molecular weight excluding hydrogens is 618 g/mol. The lowest BCUT2D eigenvalue weighted by Gasteiger charge is -2.34. The molecular formula is C37H42ClN3O4S. The number of rotatable bonds is 14. The second-order valence-corrected chi connectivity index (χ2v) is 13.8. The lowest BCUT2D eigenvalue weighted by atomic mass is 10.0. The number of amides is 2. The molecule has 4 aromatic rings. The fourth-order valence-electron chi connectivity index (χ4n) is 5.23. The summed E-state index contributed by atoms with van der Waals surface area (Å²) in [5.41, 5.74) is 4.46. The van der Waals surface area contributed by atoms with E-state index < -0.39 is 28.5 Å². The van der Waals surface area contributed by atoms with E-state index in [2.05, 4.69) is 5.32 Å². The van der Waals surface area contributed by atoms with Crippen LogP contribution in [-0.4, -0.2) is 44.3 Å². The molecule has 0 fully saturated rings. The van der Waals surface area contributed by atoms with Gasteiger partial charge in [0.1, 0.15) is 12.6 Å². The number of hydrogen-bond donors (Lipinski definition) is 1. The number of sulfonamides is 1. The lowest BCUT2D eigenvalue weighted by Crippen LogP contribution is -2.53. The van der Waals surface area contributed by atoms with E-state index in [1.54, 1.807) is 48.5 Å². The molecule has 242 valence electrons. The molecule has 0 radical (unpaired) electrons. The molecule has 0 aliphatic carbocycles. The van der Waals surface area contributed by atoms with Gasteiger partial charge in [-0.1, -0.05) is 103 Å². The van der Waals surface area contributed by atoms with Gasteiger partial charge in [0.05, 0.1) is 10.6 Å². The van der Waals surface area contributed by atoms with Crippen molar-refractivity contribution in [3.8, 4) is 0 Å². The number of benzene rings is 4. The normalized spacial score (nSPS) is 11.9. The predicted molar refractivity (Wildman–Crippen MR) is 185 cm³/mol. The highest BCUT2D eigenvalue weighted by Gasteiger charge is 2.35. The van der Waals surface area contributed by atoms with Crippen LogP contribution in [0.3, 0.4) is 0 Å². The van der Waals surface area contributed by atoms with Gasteiger partial charge in [0.15, 0.2) is 0 Å². The molecule has 4 rings (SSSR count). The molecule has 0 spiro atoms. The third-order valence-corrected chi connectivity index (χ3v) is 10.3. The van der Waals surface area contributed by atoms with Crippen LogP contribution in [0, 0.1) is 20.8 Å². The van der Waals surface area contributed by atoms with Crippen molar-refractivity contribution >= 4 is 39.1 Å². The summed E-state index contributed by atoms with van der Waals surface area (Å²) in [7, 11) is -4.18. The standard InChI is InChI=1S/C37H42ClN3O4S/c1-5-6-23-39-37(43)35(24-30-14-8-7-9-15-30)40(25-31-16-10-11-17-33(31)38)36(42)26-41(34-18-12-13-28(3)29(34)4)46(44,45)32-21-19-27(2)20-22-32/h7-22,35H,5-6,23-26H2,1-4H3,(H,39,43). The zero-order valence-corrected chi connectivity index (χ0v) is 28.4. The molecule has 0 aromatic heterocycles. The molecule has 9 heteroatoms. The average molecular weight is 660 g/mol. The zero-order valence-electron chi connectivity index (χ0n) is 26.9. The van der Waals surface area contributed by atoms with E-state index in [4.69, 9.17) is 11.6 Å². The van der Waals surface area contributed by atoms with Crippen molar-refractivity contribution in [1.82, 2.24) is 10.2 Å². The second-order valence-electron chi connectivity index (χ2n) is 11.5. The van der Waals surface area contributed by atoms with Gasteiger partial charge in [-0.25, -0.2) is 8.42 Å². The summed E-state index contributed by atoms with van der Waals surface area (Å²) in [6, 6.07) is 27.7. The molecule has 7 nitrogen and oxygen atoms in total. The molecule has 0 heterocycles. The van der Waals surface area contributed by atoms with Gasteiger partial charge >= 0.3 is 0 Å². The van der Waals surface area contributed by atoms with Crippen LogP contribution in [0.2, 0.25) is 5.02 Å². The van der Waals surface area contributed by atoms with E-state index in [0.717, 1.165) is 39.4 Å². The van der Waals surface area contributed by atoms with E-state index >= 15 is 0 Å². The highest BCUT2D eigenvalue weighted by molar-refractivity contribution is 7.92. The second kappa shape index (κ2) is 15.9. The van der Waals surface area contributed by atoms with Crippen molar-refractivity contribution in [2.24, 2.45) is 0 Å². The van der Waals surface area contributed by atoms with Crippen LogP contribution in [0.5, 0.6) is 0 Å². The fourth-order valence-corrected chi connectivity index (χ4v) is 6.89. The van der Waals surface area contributed by atoms with Gasteiger partial charge in [-0.15, -0.1) is 0 Å². The Labute approximate surface area is 278 Å². The van der Waals surface area contributed by atoms with Gasteiger partial charge < -0.3 is 10.2 Å². The molecule has 46 heavy (non-hydrogen) atoms. The van der Waals surface area contributed by atoms with Crippen molar-refractivity contribution in [3.63, 3.8) is 0 Å². The number of nitrogens with one attached hydrogen (secondary N) is 1. The molecule has 0 aliphatic heterocycles. The Bertz CT molecular complexity index is 1740. The summed E-state index contributed by atoms with van der Waals surface area (Å²) >= 11 is 6.58. The number of halogens is 1. The minimum Gasteiger partial charge on any atom is -0.354 e. The van der Waals surface area contributed by atoms with E-state index in [0.29, 0.717) is 22.8 Å². The minimum absolute atomic E-state index is 0.0163. The highest BCUT2D eigenvalue weighted by atomic mass is 35.5. The number of unbranched alkanes of at least 4 members (excludes halogenated alkanes) is 1. The summed E-state index contributed by atoms with van der Waals surface area (Å²) in [5.74, 6) is -0.833. The minimum atomic E-state index is -4.18. The van der Waals surface area contributed by atoms with Crippen LogP contribution in [-0.2, 0) is 32.6 Å². The number of hydrogen-bond acceptors (Lipinski definition) is 4. The molecule has 0 aliphatic rings. The molecule has 1 atom stereocenters. The number of carbonyl (C=O) groups is 2. The van der Waals surface area contributed by atoms with E-state index in [-0.39, 0.29) is 23.8 Å². The Morgan fingerprint density at radius 2 is 1.52 bits per heavy atom. The molecule has 0 saturated heterocycles. The van der Waals surface area contributed by atoms with Crippen molar-refractivity contribution < 1.29 is 18.0 Å². The monoisotopic (exact) mass is 659 g/mol. The first-order valence-electron chi connectivity index (χ1n) is 15.5. The maximum atomic E-state index is 14.6. The van der Waals surface area contributed by atoms with Crippen LogP contribution >= 0.6 is 11.6 Å². The Morgan fingerprint density at radius 1 is 0.848 bits per heavy atom. The lowest BCUT2D eigenvalue weighted by molar-refractivity contribution is -0.140. The van der Waals surface area contributed by atoms with E-state index in [9.17, 15) is 18.0 Å². The van der Waals surface area contributed by atoms with Crippen molar-refractivity contribution in [2.75, 3.05) is 17.4 Å². The maximum Gasteiger partial charge on any atom is 0.264 e. The number of anilines is 1. The van der Waals surface area contributed by atoms with Gasteiger partial charge in [-0.05, 0) is 73.7 Å². The molecule has 1 unspecified atom stereocenters. The number of aryl methyl sites for hydroxylation is 2. The van der Waals surface area contributed by atoms with Gasteiger partial charge in [0.2, 0.25) is 11.8 Å². The van der Waals surface area contributed by atoms with Crippen LogP contribution in [0.4, 0.5) is 5.69 Å². The summed E-state index contributed by atoms with van der Waals surface area (Å²) in [5, 5.41) is 3.45. The first kappa shape index (κ1) is 34.7. The maximum absolute atomic E-state index is 14.6. The molecule has 0 bridgehead atoms. The Kier molecular flexibility index (Phi) is 12.0. The third kappa shape index (κ3) is 8.56. The largest absolute Gasteiger partial charge is 0.354 e. The van der Waals surface area contributed by atoms with Gasteiger partial charge in [-0.3, -0.25) is 13.9 Å². The SMILES string of the molecule is CCCCNC(=O)C(Cc1ccccc1)N(Cc1ccccc1Cl)C(=O)CN(c1cccc(C)c1C)S(=O)(=O)c1ccc(C)cc1. The van der Waals surface area contributed by atoms with Crippen molar-refractivity contribution in [3.05, 3.63) is 130 Å². The van der Waals surface area contributed by atoms with Crippen molar-refractivity contribution in [2.45, 2.75) is 64.4 Å². The average Bonchev–Trinajstić information content (AvgIpc) is 3.04. The summed E-state index contributed by atoms with van der Waals surface area (Å²) in [4.78, 5) is 30.1. The zero-order chi connectivity index (χ0) is 33.3. The predicted octanol–water partition coefficient (Wildman–Crippen LogP) is 7.02. The van der Waals surface area contributed by atoms with Crippen LogP contribution < -0.4 is 9.62 Å². The quantitative estimate of drug-likeness (QED) is 0.148. The Hall–Kier alpha value is -4.14. The topological polar surface area (TPSA) is 86.8 Å². The van der Waals surface area contributed by atoms with E-state index in [1.807, 2.05) is 76.2 Å². The third-order valence-electron chi connectivity index (χ3n) is 8.13. The van der Waals surface area contributed by atoms with Crippen molar-refractivity contribution in [1.29, 1.82) is 0 Å². The van der Waals surface area contributed by atoms with Crippen LogP contribution in [0.25, 0.3) is 0 Å². The molecule has 2 amide bonds. The van der Waals surface area contributed by atoms with Gasteiger partial charge in [0, 0.05) is 24.5 Å². The van der Waals surface area contributed by atoms with Crippen LogP contribution in [0.15, 0.2) is 102 Å². The Balaban J connectivity index is 1.83. The molecule has 4 aromatic carbocycles. The highest BCUT2D eigenvalue weighted by Crippen LogP contribution is 2.30. The number of nitrogens with zero attached hydrogens (tertiary/aromatic N) is 2. The summed E-state index contributed by atoms with van der Waals surface area (Å²) in [6.07, 6.45) is 1.92. The number of carbonyl (C=O) groups excluding carboxylic acids is 2. The Morgan fingerprint density at radius 3 is 2.20 bits per heavy atom. The molecule has 1 N–H and O–H groups in total. The van der Waals surface area contributed by atoms with Crippen LogP contribution in [0.1, 0.15) is 47.6 Å². The smallest absolute Gasteiger partial charge is 0.264 e. The summed E-state index contributed by atoms with van der Waals surface area (Å²) in [6.45, 7) is 7.63. The van der Waals surface area contributed by atoms with Gasteiger partial charge in [-0.2, -0.15) is 0 Å². The first-order valence-corrected chi connectivity index (χ1v) is 17.3. The summed E-state index contributed by atoms with van der Waals surface area (Å²) < 4.78 is 29.8.